The van der Waals surface area contributed by atoms with E-state index in [2.05, 4.69) is 12.2 Å². The van der Waals surface area contributed by atoms with Crippen LogP contribution in [0.3, 0.4) is 0 Å². The van der Waals surface area contributed by atoms with Gasteiger partial charge in [-0.25, -0.2) is 0 Å². The molecule has 0 unspecified atom stereocenters. The van der Waals surface area contributed by atoms with Gasteiger partial charge in [-0.2, -0.15) is 0 Å². The molecule has 0 N–H and O–H groups in total. The average molecular weight is 207 g/mol. The summed E-state index contributed by atoms with van der Waals surface area (Å²) >= 11 is 5.72. The van der Waals surface area contributed by atoms with Gasteiger partial charge in [-0.3, -0.25) is 0 Å². The Bertz CT molecular complexity index is 187. The lowest BCUT2D eigenvalue weighted by molar-refractivity contribution is 0.0326. The second-order valence-corrected chi connectivity index (χ2v) is 5.24. The molecule has 0 bridgehead atoms. The molecular weight excluding hydrogens is 195 g/mol. The van der Waals surface area contributed by atoms with Gasteiger partial charge < -0.3 is 9.05 Å². The monoisotopic (exact) mass is 206 g/mol. The van der Waals surface area contributed by atoms with Crippen molar-refractivity contribution in [2.24, 2.45) is 5.41 Å². The first-order chi connectivity index (χ1) is 5.81. The van der Waals surface area contributed by atoms with Crippen LogP contribution < -0.4 is 0 Å². The van der Waals surface area contributed by atoms with Crippen molar-refractivity contribution in [3.8, 4) is 0 Å². The summed E-state index contributed by atoms with van der Waals surface area (Å²) in [6, 6.07) is 0. The third-order valence-corrected chi connectivity index (χ3v) is 3.75. The molecule has 0 saturated carbocycles. The highest BCUT2D eigenvalue weighted by Gasteiger charge is 2.36. The van der Waals surface area contributed by atoms with Crippen molar-refractivity contribution < 1.29 is 9.05 Å². The van der Waals surface area contributed by atoms with E-state index in [0.717, 1.165) is 26.1 Å². The topological polar surface area (TPSA) is 18.5 Å². The minimum atomic E-state index is -1.09. The van der Waals surface area contributed by atoms with E-state index in [-0.39, 0.29) is 5.41 Å². The fourth-order valence-electron chi connectivity index (χ4n) is 1.66. The fourth-order valence-corrected chi connectivity index (χ4v) is 2.78. The maximum absolute atomic E-state index is 5.72. The third-order valence-electron chi connectivity index (χ3n) is 2.50. The lowest BCUT2D eigenvalue weighted by Crippen LogP contribution is -2.34. The van der Waals surface area contributed by atoms with Gasteiger partial charge in [0.1, 0.15) is 0 Å². The van der Waals surface area contributed by atoms with Crippen molar-refractivity contribution in [1.29, 1.82) is 0 Å². The van der Waals surface area contributed by atoms with Crippen LogP contribution in [0.4, 0.5) is 0 Å². The van der Waals surface area contributed by atoms with E-state index >= 15 is 0 Å². The smallest absolute Gasteiger partial charge is 0.276 e. The van der Waals surface area contributed by atoms with Crippen molar-refractivity contribution in [2.45, 2.75) is 19.3 Å². The Labute approximate surface area is 78.6 Å². The van der Waals surface area contributed by atoms with Crippen molar-refractivity contribution in [3.05, 3.63) is 12.2 Å². The Morgan fingerprint density at radius 3 is 2.58 bits per heavy atom. The van der Waals surface area contributed by atoms with E-state index in [1.54, 1.807) is 0 Å². The molecule has 1 aliphatic heterocycles. The maximum atomic E-state index is 5.72. The first-order valence-corrected chi connectivity index (χ1v) is 6.26. The molecule has 12 heavy (non-hydrogen) atoms. The van der Waals surface area contributed by atoms with Gasteiger partial charge in [0.05, 0.1) is 13.2 Å². The molecule has 2 aliphatic rings. The van der Waals surface area contributed by atoms with E-state index in [1.165, 1.54) is 6.42 Å². The number of hydrogen-bond donors (Lipinski definition) is 0. The van der Waals surface area contributed by atoms with Crippen LogP contribution in [0.1, 0.15) is 19.3 Å². The normalized spacial score (nSPS) is 41.9. The first-order valence-electron chi connectivity index (χ1n) is 4.18. The van der Waals surface area contributed by atoms with Crippen LogP contribution in [0.25, 0.3) is 0 Å². The molecule has 0 aromatic rings. The highest BCUT2D eigenvalue weighted by Crippen LogP contribution is 2.52. The van der Waals surface area contributed by atoms with E-state index < -0.39 is 7.73 Å². The quantitative estimate of drug-likeness (QED) is 0.448. The zero-order valence-corrected chi connectivity index (χ0v) is 8.48. The molecule has 68 valence electrons. The fraction of sp³-hybridized carbons (Fsp3) is 0.750. The van der Waals surface area contributed by atoms with Crippen LogP contribution in [0, 0.1) is 5.41 Å². The van der Waals surface area contributed by atoms with Crippen molar-refractivity contribution in [2.75, 3.05) is 13.2 Å². The summed E-state index contributed by atoms with van der Waals surface area (Å²) in [5.74, 6) is 0. The number of rotatable bonds is 0. The lowest BCUT2D eigenvalue weighted by atomic mass is 9.78. The van der Waals surface area contributed by atoms with Crippen molar-refractivity contribution >= 4 is 19.0 Å². The highest BCUT2D eigenvalue weighted by molar-refractivity contribution is 7.76. The SMILES string of the molecule is ClP1OCC2(CC=CCC2)CO1. The Kier molecular flexibility index (Phi) is 2.71. The molecule has 1 spiro atoms. The Balaban J connectivity index is 1.98. The van der Waals surface area contributed by atoms with Crippen LogP contribution >= 0.6 is 19.0 Å². The predicted octanol–water partition coefficient (Wildman–Crippen LogP) is 3.23. The Morgan fingerprint density at radius 2 is 2.00 bits per heavy atom. The Hall–Kier alpha value is 0.380. The number of hydrogen-bond acceptors (Lipinski definition) is 2. The van der Waals surface area contributed by atoms with Crippen LogP contribution in [-0.2, 0) is 9.05 Å². The second kappa shape index (κ2) is 3.63. The van der Waals surface area contributed by atoms with Crippen LogP contribution in [0.15, 0.2) is 12.2 Å². The molecule has 4 heteroatoms. The minimum Gasteiger partial charge on any atom is -0.321 e. The average Bonchev–Trinajstić information content (AvgIpc) is 2.13. The van der Waals surface area contributed by atoms with Gasteiger partial charge in [0.15, 0.2) is 0 Å². The highest BCUT2D eigenvalue weighted by atomic mass is 35.7. The first kappa shape index (κ1) is 8.96. The molecule has 0 aromatic heterocycles. The molecular formula is C8H12ClO2P. The molecule has 1 aliphatic carbocycles. The summed E-state index contributed by atoms with van der Waals surface area (Å²) < 4.78 is 10.7. The summed E-state index contributed by atoms with van der Waals surface area (Å²) in [5.41, 5.74) is 0.239. The maximum Gasteiger partial charge on any atom is 0.276 e. The lowest BCUT2D eigenvalue weighted by Gasteiger charge is -2.38. The van der Waals surface area contributed by atoms with Gasteiger partial charge in [0.25, 0.3) is 7.73 Å². The molecule has 0 aromatic carbocycles. The van der Waals surface area contributed by atoms with Crippen LogP contribution in [0.5, 0.6) is 0 Å². The van der Waals surface area contributed by atoms with E-state index in [0.29, 0.717) is 0 Å². The van der Waals surface area contributed by atoms with Crippen molar-refractivity contribution in [3.63, 3.8) is 0 Å². The third kappa shape index (κ3) is 1.82. The molecule has 1 heterocycles. The van der Waals surface area contributed by atoms with Gasteiger partial charge in [0.2, 0.25) is 0 Å². The predicted molar refractivity (Wildman–Crippen MR) is 50.1 cm³/mol. The van der Waals surface area contributed by atoms with Gasteiger partial charge in [-0.1, -0.05) is 12.2 Å². The van der Waals surface area contributed by atoms with E-state index in [4.69, 9.17) is 20.3 Å². The van der Waals surface area contributed by atoms with Crippen molar-refractivity contribution in [1.82, 2.24) is 0 Å². The molecule has 1 fully saturated rings. The standard InChI is InChI=1S/C8H12ClO2P/c9-12-10-6-8(7-11-12)4-2-1-3-5-8/h1-2H,3-7H2. The van der Waals surface area contributed by atoms with E-state index in [9.17, 15) is 0 Å². The molecule has 0 atom stereocenters. The number of halogens is 1. The summed E-state index contributed by atoms with van der Waals surface area (Å²) in [7, 11) is -1.09. The zero-order valence-electron chi connectivity index (χ0n) is 6.83. The van der Waals surface area contributed by atoms with Gasteiger partial charge in [0, 0.05) is 5.41 Å². The summed E-state index contributed by atoms with van der Waals surface area (Å²) in [6.07, 6.45) is 7.84. The van der Waals surface area contributed by atoms with Crippen LogP contribution in [-0.4, -0.2) is 13.2 Å². The summed E-state index contributed by atoms with van der Waals surface area (Å²) in [5, 5.41) is 0. The van der Waals surface area contributed by atoms with Gasteiger partial charge >= 0.3 is 0 Å². The molecule has 2 nitrogen and oxygen atoms in total. The minimum absolute atomic E-state index is 0.239. The molecule has 1 saturated heterocycles. The molecule has 0 radical (unpaired) electrons. The Morgan fingerprint density at radius 1 is 1.25 bits per heavy atom. The second-order valence-electron chi connectivity index (χ2n) is 3.47. The van der Waals surface area contributed by atoms with Gasteiger partial charge in [-0.05, 0) is 30.5 Å². The number of allylic oxidation sites excluding steroid dienone is 2. The molecule has 0 amide bonds. The van der Waals surface area contributed by atoms with Gasteiger partial charge in [-0.15, -0.1) is 0 Å². The largest absolute Gasteiger partial charge is 0.321 e. The van der Waals surface area contributed by atoms with E-state index in [1.807, 2.05) is 0 Å². The van der Waals surface area contributed by atoms with Crippen LogP contribution in [0.2, 0.25) is 0 Å². The summed E-state index contributed by atoms with van der Waals surface area (Å²) in [4.78, 5) is 0. The zero-order chi connectivity index (χ0) is 8.44. The summed E-state index contributed by atoms with van der Waals surface area (Å²) in [6.45, 7) is 1.54. The molecule has 2 rings (SSSR count).